The van der Waals surface area contributed by atoms with E-state index in [1.807, 2.05) is 29.2 Å². The fourth-order valence-corrected chi connectivity index (χ4v) is 3.19. The number of rotatable bonds is 4. The molecular formula is C16H15N3O2S. The summed E-state index contributed by atoms with van der Waals surface area (Å²) in [7, 11) is 1.65. The molecule has 2 heterocycles. The van der Waals surface area contributed by atoms with Gasteiger partial charge in [0.05, 0.1) is 5.69 Å². The second-order valence-electron chi connectivity index (χ2n) is 4.80. The van der Waals surface area contributed by atoms with Gasteiger partial charge in [0.25, 0.3) is 0 Å². The topological polar surface area (TPSA) is 55.3 Å². The summed E-state index contributed by atoms with van der Waals surface area (Å²) in [6.07, 6.45) is 6.73. The SMILES string of the molecule is COCN1c2cc(C=CC(C)=O)ccc2Sc2nccnc21. The number of methoxy groups -OCH3 is 1. The minimum Gasteiger partial charge on any atom is -0.364 e. The Morgan fingerprint density at radius 2 is 2.18 bits per heavy atom. The summed E-state index contributed by atoms with van der Waals surface area (Å²) in [6.45, 7) is 1.92. The molecule has 112 valence electrons. The zero-order chi connectivity index (χ0) is 15.5. The van der Waals surface area contributed by atoms with Crippen LogP contribution >= 0.6 is 11.8 Å². The molecule has 0 saturated carbocycles. The molecule has 0 atom stereocenters. The lowest BCUT2D eigenvalue weighted by molar-refractivity contribution is -0.112. The summed E-state index contributed by atoms with van der Waals surface area (Å²) in [4.78, 5) is 23.0. The highest BCUT2D eigenvalue weighted by Crippen LogP contribution is 2.46. The minimum atomic E-state index is 0.0251. The molecule has 0 bridgehead atoms. The zero-order valence-corrected chi connectivity index (χ0v) is 13.1. The van der Waals surface area contributed by atoms with Crippen molar-refractivity contribution in [1.29, 1.82) is 0 Å². The molecule has 0 amide bonds. The van der Waals surface area contributed by atoms with E-state index in [1.165, 1.54) is 6.92 Å². The Hall–Kier alpha value is -2.18. The molecule has 22 heavy (non-hydrogen) atoms. The number of ketones is 1. The number of carbonyl (C=O) groups excluding carboxylic acids is 1. The molecule has 0 N–H and O–H groups in total. The lowest BCUT2D eigenvalue weighted by Crippen LogP contribution is -2.24. The Bertz CT molecular complexity index is 746. The number of aromatic nitrogens is 2. The van der Waals surface area contributed by atoms with Crippen LogP contribution in [0, 0.1) is 0 Å². The number of carbonyl (C=O) groups is 1. The van der Waals surface area contributed by atoms with Gasteiger partial charge in [-0.25, -0.2) is 9.97 Å². The molecule has 0 unspecified atom stereocenters. The van der Waals surface area contributed by atoms with Gasteiger partial charge in [0.15, 0.2) is 11.6 Å². The van der Waals surface area contributed by atoms with Gasteiger partial charge < -0.3 is 4.74 Å². The summed E-state index contributed by atoms with van der Waals surface area (Å²) >= 11 is 1.58. The van der Waals surface area contributed by atoms with Gasteiger partial charge >= 0.3 is 0 Å². The molecule has 0 saturated heterocycles. The first-order valence-corrected chi connectivity index (χ1v) is 7.58. The number of nitrogens with zero attached hydrogens (tertiary/aromatic N) is 3. The predicted molar refractivity (Wildman–Crippen MR) is 86.3 cm³/mol. The third-order valence-corrected chi connectivity index (χ3v) is 4.20. The van der Waals surface area contributed by atoms with Crippen LogP contribution in [0.1, 0.15) is 12.5 Å². The van der Waals surface area contributed by atoms with Crippen LogP contribution in [0.15, 0.2) is 46.6 Å². The Kier molecular flexibility index (Phi) is 4.22. The van der Waals surface area contributed by atoms with Crippen molar-refractivity contribution >= 4 is 35.1 Å². The first-order valence-electron chi connectivity index (χ1n) is 6.77. The number of benzene rings is 1. The molecule has 3 rings (SSSR count). The van der Waals surface area contributed by atoms with Gasteiger partial charge in [0.1, 0.15) is 11.8 Å². The predicted octanol–water partition coefficient (Wildman–Crippen LogP) is 3.29. The van der Waals surface area contributed by atoms with Crippen molar-refractivity contribution in [3.05, 3.63) is 42.2 Å². The molecule has 5 nitrogen and oxygen atoms in total. The van der Waals surface area contributed by atoms with Crippen LogP contribution in [0.5, 0.6) is 0 Å². The van der Waals surface area contributed by atoms with Crippen LogP contribution < -0.4 is 4.90 Å². The van der Waals surface area contributed by atoms with Gasteiger partial charge in [-0.2, -0.15) is 0 Å². The average Bonchev–Trinajstić information content (AvgIpc) is 2.53. The van der Waals surface area contributed by atoms with E-state index >= 15 is 0 Å². The van der Waals surface area contributed by atoms with Crippen LogP contribution in [0.3, 0.4) is 0 Å². The van der Waals surface area contributed by atoms with E-state index in [1.54, 1.807) is 37.3 Å². The number of hydrogen-bond acceptors (Lipinski definition) is 6. The average molecular weight is 313 g/mol. The number of anilines is 2. The first kappa shape index (κ1) is 14.7. The summed E-state index contributed by atoms with van der Waals surface area (Å²) in [5.74, 6) is 0.812. The molecule has 6 heteroatoms. The van der Waals surface area contributed by atoms with Crippen molar-refractivity contribution in [2.24, 2.45) is 0 Å². The molecule has 0 fully saturated rings. The van der Waals surface area contributed by atoms with Gasteiger partial charge in [0.2, 0.25) is 0 Å². The fraction of sp³-hybridized carbons (Fsp3) is 0.188. The highest BCUT2D eigenvalue weighted by atomic mass is 32.2. The maximum absolute atomic E-state index is 11.1. The smallest absolute Gasteiger partial charge is 0.168 e. The Morgan fingerprint density at radius 3 is 2.95 bits per heavy atom. The van der Waals surface area contributed by atoms with Crippen molar-refractivity contribution in [2.45, 2.75) is 16.8 Å². The third-order valence-electron chi connectivity index (χ3n) is 3.15. The van der Waals surface area contributed by atoms with Gasteiger partial charge in [-0.1, -0.05) is 23.9 Å². The first-order chi connectivity index (χ1) is 10.7. The van der Waals surface area contributed by atoms with Crippen LogP contribution in [0.4, 0.5) is 11.5 Å². The van der Waals surface area contributed by atoms with Gasteiger partial charge in [0, 0.05) is 24.4 Å². The highest BCUT2D eigenvalue weighted by molar-refractivity contribution is 7.99. The van der Waals surface area contributed by atoms with E-state index in [-0.39, 0.29) is 5.78 Å². The van der Waals surface area contributed by atoms with E-state index in [9.17, 15) is 4.79 Å². The molecule has 0 aliphatic carbocycles. The normalized spacial score (nSPS) is 13.1. The summed E-state index contributed by atoms with van der Waals surface area (Å²) < 4.78 is 5.31. The molecule has 0 radical (unpaired) electrons. The van der Waals surface area contributed by atoms with Crippen molar-refractivity contribution in [3.8, 4) is 0 Å². The maximum atomic E-state index is 11.1. The van der Waals surface area contributed by atoms with Crippen molar-refractivity contribution in [2.75, 3.05) is 18.7 Å². The van der Waals surface area contributed by atoms with Crippen molar-refractivity contribution < 1.29 is 9.53 Å². The summed E-state index contributed by atoms with van der Waals surface area (Å²) in [5.41, 5.74) is 1.97. The number of fused-ring (bicyclic) bond motifs is 2. The largest absolute Gasteiger partial charge is 0.364 e. The van der Waals surface area contributed by atoms with Crippen LogP contribution in [0.2, 0.25) is 0 Å². The van der Waals surface area contributed by atoms with Gasteiger partial charge in [-0.05, 0) is 30.7 Å². The van der Waals surface area contributed by atoms with Crippen molar-refractivity contribution in [3.63, 3.8) is 0 Å². The molecule has 0 spiro atoms. The quantitative estimate of drug-likeness (QED) is 0.807. The second-order valence-corrected chi connectivity index (χ2v) is 5.83. The number of hydrogen-bond donors (Lipinski definition) is 0. The second kappa shape index (κ2) is 6.29. The zero-order valence-electron chi connectivity index (χ0n) is 12.3. The van der Waals surface area contributed by atoms with Crippen LogP contribution in [-0.2, 0) is 9.53 Å². The molecule has 2 aromatic rings. The van der Waals surface area contributed by atoms with Crippen molar-refractivity contribution in [1.82, 2.24) is 9.97 Å². The van der Waals surface area contributed by atoms with Crippen LogP contribution in [0.25, 0.3) is 6.08 Å². The van der Waals surface area contributed by atoms with E-state index in [0.29, 0.717) is 6.73 Å². The van der Waals surface area contributed by atoms with E-state index in [0.717, 1.165) is 27.0 Å². The standard InChI is InChI=1S/C16H15N3O2S/c1-11(20)3-4-12-5-6-14-13(9-12)19(10-21-2)15-16(22-14)18-8-7-17-15/h3-9H,10H2,1-2H3. The Morgan fingerprint density at radius 1 is 1.36 bits per heavy atom. The lowest BCUT2D eigenvalue weighted by Gasteiger charge is -2.30. The maximum Gasteiger partial charge on any atom is 0.168 e. The number of allylic oxidation sites excluding steroid dienone is 1. The molecule has 1 aliphatic rings. The van der Waals surface area contributed by atoms with E-state index in [2.05, 4.69) is 9.97 Å². The molecule has 1 aromatic heterocycles. The summed E-state index contributed by atoms with van der Waals surface area (Å²) in [6, 6.07) is 6.04. The Balaban J connectivity index is 2.04. The summed E-state index contributed by atoms with van der Waals surface area (Å²) in [5, 5.41) is 0.860. The van der Waals surface area contributed by atoms with Gasteiger partial charge in [-0.3, -0.25) is 9.69 Å². The fourth-order valence-electron chi connectivity index (χ4n) is 2.20. The molecular weight excluding hydrogens is 298 g/mol. The highest BCUT2D eigenvalue weighted by Gasteiger charge is 2.25. The molecule has 1 aromatic carbocycles. The minimum absolute atomic E-state index is 0.0251. The van der Waals surface area contributed by atoms with E-state index in [4.69, 9.17) is 4.74 Å². The monoisotopic (exact) mass is 313 g/mol. The van der Waals surface area contributed by atoms with E-state index < -0.39 is 0 Å². The van der Waals surface area contributed by atoms with Crippen LogP contribution in [-0.4, -0.2) is 29.6 Å². The Labute approximate surface area is 133 Å². The third kappa shape index (κ3) is 2.88. The molecule has 1 aliphatic heterocycles. The van der Waals surface area contributed by atoms with Gasteiger partial charge in [-0.15, -0.1) is 0 Å². The number of ether oxygens (including phenoxy) is 1. The lowest BCUT2D eigenvalue weighted by atomic mass is 10.1.